The van der Waals surface area contributed by atoms with E-state index in [0.717, 1.165) is 15.7 Å². The number of fused-ring (bicyclic) bond motifs is 1. The smallest absolute Gasteiger partial charge is 0.408 e. The highest BCUT2D eigenvalue weighted by Crippen LogP contribution is 2.26. The van der Waals surface area contributed by atoms with Crippen molar-refractivity contribution in [1.29, 1.82) is 0 Å². The molecule has 0 aliphatic carbocycles. The summed E-state index contributed by atoms with van der Waals surface area (Å²) in [7, 11) is 0. The van der Waals surface area contributed by atoms with E-state index >= 15 is 0 Å². The monoisotopic (exact) mass is 552 g/mol. The van der Waals surface area contributed by atoms with Gasteiger partial charge in [0, 0.05) is 23.7 Å². The average Bonchev–Trinajstić information content (AvgIpc) is 2.92. The molecule has 3 aromatic rings. The number of benzene rings is 3. The lowest BCUT2D eigenvalue weighted by Crippen LogP contribution is -2.51. The topological polar surface area (TPSA) is 131 Å². The van der Waals surface area contributed by atoms with Crippen molar-refractivity contribution in [3.05, 3.63) is 77.9 Å². The first kappa shape index (κ1) is 30.3. The highest BCUT2D eigenvalue weighted by molar-refractivity contribution is 6.01. The first-order valence-electron chi connectivity index (χ1n) is 12.8. The molecule has 41 heavy (non-hydrogen) atoms. The van der Waals surface area contributed by atoms with Crippen LogP contribution < -0.4 is 16.4 Å². The van der Waals surface area contributed by atoms with Crippen LogP contribution in [0.4, 0.5) is 10.5 Å². The van der Waals surface area contributed by atoms with Crippen LogP contribution in [0, 0.1) is 24.8 Å². The summed E-state index contributed by atoms with van der Waals surface area (Å²) < 4.78 is 5.28. The van der Waals surface area contributed by atoms with Gasteiger partial charge in [-0.3, -0.25) is 19.3 Å². The first-order chi connectivity index (χ1) is 19.4. The second-order valence-corrected chi connectivity index (χ2v) is 10.3. The standard InChI is InChI=1S/C32H32N4O5/c1-6-21-12-14-23(15-13-21)28(29(38)34-25-17-16-22-10-8-9-11-24(22)20-25)36(7-2)30(39)26(18-19-27(33)37)35-31(40)41-32(3,4)5/h1-2,8-17,20,26,28H,18-19H2,3-5H3,(H2,33,37)(H,34,38)(H,35,40). The Morgan fingerprint density at radius 3 is 2.22 bits per heavy atom. The van der Waals surface area contributed by atoms with E-state index in [-0.39, 0.29) is 12.8 Å². The second kappa shape index (κ2) is 13.2. The van der Waals surface area contributed by atoms with Crippen molar-refractivity contribution in [1.82, 2.24) is 10.2 Å². The average molecular weight is 553 g/mol. The number of alkyl carbamates (subject to hydrolysis) is 1. The van der Waals surface area contributed by atoms with E-state index in [9.17, 15) is 19.2 Å². The van der Waals surface area contributed by atoms with Crippen LogP contribution in [0.1, 0.15) is 50.8 Å². The molecule has 0 heterocycles. The first-order valence-corrected chi connectivity index (χ1v) is 12.8. The predicted octanol–water partition coefficient (Wildman–Crippen LogP) is 4.08. The van der Waals surface area contributed by atoms with E-state index in [1.54, 1.807) is 57.2 Å². The number of ether oxygens (including phenoxy) is 1. The molecule has 3 rings (SSSR count). The van der Waals surface area contributed by atoms with Gasteiger partial charge in [-0.05, 0) is 67.8 Å². The molecule has 2 atom stereocenters. The summed E-state index contributed by atoms with van der Waals surface area (Å²) >= 11 is 0. The summed E-state index contributed by atoms with van der Waals surface area (Å²) in [5.74, 6) is 0.409. The Balaban J connectivity index is 1.99. The lowest BCUT2D eigenvalue weighted by atomic mass is 10.0. The number of hydrogen-bond acceptors (Lipinski definition) is 5. The number of rotatable bonds is 9. The van der Waals surface area contributed by atoms with Crippen LogP contribution in [0.2, 0.25) is 0 Å². The fourth-order valence-corrected chi connectivity index (χ4v) is 4.08. The predicted molar refractivity (Wildman–Crippen MR) is 157 cm³/mol. The zero-order valence-electron chi connectivity index (χ0n) is 23.1. The minimum atomic E-state index is -1.32. The molecular formula is C32H32N4O5. The van der Waals surface area contributed by atoms with E-state index in [2.05, 4.69) is 22.6 Å². The van der Waals surface area contributed by atoms with Crippen LogP contribution >= 0.6 is 0 Å². The summed E-state index contributed by atoms with van der Waals surface area (Å²) in [6.07, 6.45) is 10.0. The van der Waals surface area contributed by atoms with E-state index < -0.39 is 41.5 Å². The number of hydrogen-bond donors (Lipinski definition) is 3. The quantitative estimate of drug-likeness (QED) is 0.272. The Bertz CT molecular complexity index is 1530. The zero-order chi connectivity index (χ0) is 30.2. The third-order valence-corrected chi connectivity index (χ3v) is 5.96. The molecule has 0 radical (unpaired) electrons. The molecule has 0 bridgehead atoms. The maximum Gasteiger partial charge on any atom is 0.408 e. The summed E-state index contributed by atoms with van der Waals surface area (Å²) in [5, 5.41) is 7.19. The lowest BCUT2D eigenvalue weighted by Gasteiger charge is -2.30. The number of primary amides is 1. The van der Waals surface area contributed by atoms with Gasteiger partial charge in [-0.25, -0.2) is 4.79 Å². The number of amides is 4. The normalized spacial score (nSPS) is 12.2. The van der Waals surface area contributed by atoms with Gasteiger partial charge in [-0.2, -0.15) is 0 Å². The van der Waals surface area contributed by atoms with Crippen LogP contribution in [-0.2, 0) is 19.1 Å². The number of nitrogens with two attached hydrogens (primary N) is 1. The number of nitrogens with zero attached hydrogens (tertiary/aromatic N) is 1. The minimum Gasteiger partial charge on any atom is -0.444 e. The second-order valence-electron chi connectivity index (χ2n) is 10.3. The van der Waals surface area contributed by atoms with Gasteiger partial charge in [-0.15, -0.1) is 6.42 Å². The molecule has 0 aliphatic rings. The molecule has 0 aromatic heterocycles. The molecule has 0 saturated carbocycles. The van der Waals surface area contributed by atoms with Crippen LogP contribution in [0.3, 0.4) is 0 Å². The highest BCUT2D eigenvalue weighted by Gasteiger charge is 2.36. The van der Waals surface area contributed by atoms with E-state index in [1.807, 2.05) is 30.3 Å². The van der Waals surface area contributed by atoms with Crippen LogP contribution in [-0.4, -0.2) is 40.4 Å². The van der Waals surface area contributed by atoms with Gasteiger partial charge in [0.1, 0.15) is 17.7 Å². The lowest BCUT2D eigenvalue weighted by molar-refractivity contribution is -0.137. The van der Waals surface area contributed by atoms with Gasteiger partial charge >= 0.3 is 6.09 Å². The van der Waals surface area contributed by atoms with Crippen molar-refractivity contribution in [3.63, 3.8) is 0 Å². The van der Waals surface area contributed by atoms with E-state index in [1.165, 1.54) is 0 Å². The van der Waals surface area contributed by atoms with Gasteiger partial charge < -0.3 is 21.1 Å². The molecular weight excluding hydrogens is 520 g/mol. The van der Waals surface area contributed by atoms with Gasteiger partial charge in [0.25, 0.3) is 11.8 Å². The summed E-state index contributed by atoms with van der Waals surface area (Å²) in [6, 6.07) is 19.1. The number of nitrogens with one attached hydrogen (secondary N) is 2. The van der Waals surface area contributed by atoms with Crippen molar-refractivity contribution in [3.8, 4) is 24.8 Å². The van der Waals surface area contributed by atoms with Gasteiger partial charge in [0.2, 0.25) is 5.91 Å². The molecule has 9 heteroatoms. The fraction of sp³-hybridized carbons (Fsp3) is 0.250. The van der Waals surface area contributed by atoms with Crippen molar-refractivity contribution < 1.29 is 23.9 Å². The summed E-state index contributed by atoms with van der Waals surface area (Å²) in [6.45, 7) is 4.98. The molecule has 2 unspecified atom stereocenters. The van der Waals surface area contributed by atoms with Gasteiger partial charge in [0.15, 0.2) is 0 Å². The molecule has 4 N–H and O–H groups in total. The molecule has 0 saturated heterocycles. The van der Waals surface area contributed by atoms with Crippen LogP contribution in [0.15, 0.2) is 66.7 Å². The molecule has 0 spiro atoms. The minimum absolute atomic E-state index is 0.166. The van der Waals surface area contributed by atoms with Crippen molar-refractivity contribution in [2.75, 3.05) is 5.32 Å². The molecule has 0 aliphatic heterocycles. The maximum atomic E-state index is 13.8. The van der Waals surface area contributed by atoms with Crippen LogP contribution in [0.25, 0.3) is 10.8 Å². The molecule has 9 nitrogen and oxygen atoms in total. The Morgan fingerprint density at radius 1 is 0.976 bits per heavy atom. The van der Waals surface area contributed by atoms with E-state index in [4.69, 9.17) is 23.3 Å². The molecule has 210 valence electrons. The fourth-order valence-electron chi connectivity index (χ4n) is 4.08. The number of terminal acetylenes is 2. The molecule has 4 amide bonds. The SMILES string of the molecule is C#Cc1ccc(C(C(=O)Nc2ccc3ccccc3c2)N(C#C)C(=O)C(CCC(N)=O)NC(=O)OC(C)(C)C)cc1. The Kier molecular flexibility index (Phi) is 9.73. The number of carbonyl (C=O) groups excluding carboxylic acids is 4. The molecule has 3 aromatic carbocycles. The van der Waals surface area contributed by atoms with Crippen molar-refractivity contribution >= 4 is 40.3 Å². The largest absolute Gasteiger partial charge is 0.444 e. The van der Waals surface area contributed by atoms with Gasteiger partial charge in [0.05, 0.1) is 0 Å². The summed E-state index contributed by atoms with van der Waals surface area (Å²) in [4.78, 5) is 52.6. The zero-order valence-corrected chi connectivity index (χ0v) is 23.1. The number of anilines is 1. The third kappa shape index (κ3) is 8.35. The Hall–Kier alpha value is -5.28. The van der Waals surface area contributed by atoms with Crippen molar-refractivity contribution in [2.24, 2.45) is 5.73 Å². The maximum absolute atomic E-state index is 13.8. The van der Waals surface area contributed by atoms with Crippen LogP contribution in [0.5, 0.6) is 0 Å². The summed E-state index contributed by atoms with van der Waals surface area (Å²) in [5.41, 5.74) is 5.88. The highest BCUT2D eigenvalue weighted by atomic mass is 16.6. The van der Waals surface area contributed by atoms with Gasteiger partial charge in [-0.1, -0.05) is 54.8 Å². The molecule has 0 fully saturated rings. The number of carbonyl (C=O) groups is 4. The van der Waals surface area contributed by atoms with Crippen molar-refractivity contribution in [2.45, 2.75) is 51.3 Å². The van der Waals surface area contributed by atoms with E-state index in [0.29, 0.717) is 16.8 Å². The Morgan fingerprint density at radius 2 is 1.63 bits per heavy atom. The Labute approximate surface area is 239 Å². The third-order valence-electron chi connectivity index (χ3n) is 5.96.